The smallest absolute Gasteiger partial charge is 0.171 e. The van der Waals surface area contributed by atoms with Gasteiger partial charge in [-0.25, -0.2) is 0 Å². The highest BCUT2D eigenvalue weighted by atomic mass is 17.2. The predicted molar refractivity (Wildman–Crippen MR) is 56.4 cm³/mol. The van der Waals surface area contributed by atoms with Gasteiger partial charge in [0, 0.05) is 12.2 Å². The monoisotopic (exact) mass is 208 g/mol. The lowest BCUT2D eigenvalue weighted by Gasteiger charge is -2.04. The van der Waals surface area contributed by atoms with E-state index in [1.807, 2.05) is 12.1 Å². The van der Waals surface area contributed by atoms with Crippen LogP contribution in [0.25, 0.3) is 0 Å². The van der Waals surface area contributed by atoms with Gasteiger partial charge in [0.05, 0.1) is 6.61 Å². The average molecular weight is 208 g/mol. The van der Waals surface area contributed by atoms with Gasteiger partial charge < -0.3 is 9.62 Å². The summed E-state index contributed by atoms with van der Waals surface area (Å²) in [7, 11) is 0. The quantitative estimate of drug-likeness (QED) is 0.550. The molecule has 0 spiro atoms. The van der Waals surface area contributed by atoms with Gasteiger partial charge >= 0.3 is 0 Å². The Morgan fingerprint density at radius 1 is 1.40 bits per heavy atom. The van der Waals surface area contributed by atoms with Gasteiger partial charge in [-0.15, -0.1) is 0 Å². The highest BCUT2D eigenvalue weighted by Crippen LogP contribution is 2.27. The van der Waals surface area contributed by atoms with Crippen LogP contribution in [0.2, 0.25) is 0 Å². The number of benzene rings is 1. The first-order valence-electron chi connectivity index (χ1n) is 5.39. The average Bonchev–Trinajstić information content (AvgIpc) is 2.71. The summed E-state index contributed by atoms with van der Waals surface area (Å²) in [6, 6.07) is 6.07. The molecule has 0 unspecified atom stereocenters. The number of hydrogen-bond donors (Lipinski definition) is 0. The number of hydrogen-bond acceptors (Lipinski definition) is 3. The highest BCUT2D eigenvalue weighted by molar-refractivity contribution is 5.37. The lowest BCUT2D eigenvalue weighted by molar-refractivity contribution is -0.194. The van der Waals surface area contributed by atoms with E-state index in [-0.39, 0.29) is 0 Å². The minimum absolute atomic E-state index is 0.548. The third-order valence-electron chi connectivity index (χ3n) is 2.41. The van der Waals surface area contributed by atoms with Crippen LogP contribution in [0.3, 0.4) is 0 Å². The van der Waals surface area contributed by atoms with Gasteiger partial charge in [0.2, 0.25) is 0 Å². The molecule has 0 aliphatic carbocycles. The van der Waals surface area contributed by atoms with E-state index in [0.717, 1.165) is 29.9 Å². The van der Waals surface area contributed by atoms with E-state index >= 15 is 0 Å². The first kappa shape index (κ1) is 10.5. The Morgan fingerprint density at radius 2 is 2.33 bits per heavy atom. The van der Waals surface area contributed by atoms with Crippen molar-refractivity contribution in [1.29, 1.82) is 0 Å². The molecule has 0 amide bonds. The van der Waals surface area contributed by atoms with Crippen LogP contribution in [0.5, 0.6) is 5.75 Å². The Bertz CT molecular complexity index is 323. The molecule has 2 rings (SSSR count). The molecule has 0 bridgehead atoms. The van der Waals surface area contributed by atoms with Gasteiger partial charge in [0.1, 0.15) is 6.61 Å². The number of fused-ring (bicyclic) bond motifs is 1. The SMILES string of the molecule is CCCCOCc1ccc2c(c1)OOC2. The zero-order chi connectivity index (χ0) is 10.5. The molecule has 1 aromatic carbocycles. The van der Waals surface area contributed by atoms with Crippen molar-refractivity contribution in [2.75, 3.05) is 6.61 Å². The minimum Gasteiger partial charge on any atom is -0.377 e. The summed E-state index contributed by atoms with van der Waals surface area (Å²) < 4.78 is 5.52. The number of rotatable bonds is 5. The zero-order valence-corrected chi connectivity index (χ0v) is 8.99. The molecule has 0 radical (unpaired) electrons. The Kier molecular flexibility index (Phi) is 3.59. The fourth-order valence-electron chi connectivity index (χ4n) is 1.48. The largest absolute Gasteiger partial charge is 0.377 e. The van der Waals surface area contributed by atoms with Crippen molar-refractivity contribution in [1.82, 2.24) is 0 Å². The summed E-state index contributed by atoms with van der Waals surface area (Å²) in [6.45, 7) is 4.18. The Morgan fingerprint density at radius 3 is 3.20 bits per heavy atom. The second-order valence-electron chi connectivity index (χ2n) is 3.69. The number of ether oxygens (including phenoxy) is 1. The molecule has 1 aromatic rings. The molecule has 0 saturated heterocycles. The van der Waals surface area contributed by atoms with E-state index in [0.29, 0.717) is 13.2 Å². The maximum Gasteiger partial charge on any atom is 0.171 e. The van der Waals surface area contributed by atoms with E-state index in [2.05, 4.69) is 13.0 Å². The van der Waals surface area contributed by atoms with Crippen molar-refractivity contribution in [3.8, 4) is 5.75 Å². The summed E-state index contributed by atoms with van der Waals surface area (Å²) in [5.74, 6) is 0.826. The van der Waals surface area contributed by atoms with Gasteiger partial charge in [-0.1, -0.05) is 25.5 Å². The molecule has 0 fully saturated rings. The summed E-state index contributed by atoms with van der Waals surface area (Å²) in [5, 5.41) is 0. The normalized spacial score (nSPS) is 13.7. The second kappa shape index (κ2) is 5.14. The number of unbranched alkanes of at least 4 members (excludes halogenated alkanes) is 1. The van der Waals surface area contributed by atoms with Crippen molar-refractivity contribution < 1.29 is 14.5 Å². The molecule has 0 atom stereocenters. The van der Waals surface area contributed by atoms with E-state index < -0.39 is 0 Å². The van der Waals surface area contributed by atoms with Crippen LogP contribution in [0.4, 0.5) is 0 Å². The third-order valence-corrected chi connectivity index (χ3v) is 2.41. The highest BCUT2D eigenvalue weighted by Gasteiger charge is 2.13. The van der Waals surface area contributed by atoms with Crippen molar-refractivity contribution in [2.45, 2.75) is 33.0 Å². The van der Waals surface area contributed by atoms with Crippen LogP contribution >= 0.6 is 0 Å². The van der Waals surface area contributed by atoms with E-state index in [4.69, 9.17) is 14.5 Å². The van der Waals surface area contributed by atoms with Crippen molar-refractivity contribution in [3.63, 3.8) is 0 Å². The van der Waals surface area contributed by atoms with Crippen molar-refractivity contribution >= 4 is 0 Å². The van der Waals surface area contributed by atoms with Gasteiger partial charge in [-0.3, -0.25) is 0 Å². The molecule has 3 heteroatoms. The van der Waals surface area contributed by atoms with Gasteiger partial charge in [-0.2, -0.15) is 4.89 Å². The maximum absolute atomic E-state index is 5.52. The molecule has 15 heavy (non-hydrogen) atoms. The molecule has 0 aromatic heterocycles. The fraction of sp³-hybridized carbons (Fsp3) is 0.500. The van der Waals surface area contributed by atoms with Crippen LogP contribution < -0.4 is 4.89 Å². The summed E-state index contributed by atoms with van der Waals surface area (Å²) in [4.78, 5) is 9.88. The van der Waals surface area contributed by atoms with Crippen LogP contribution in [0, 0.1) is 0 Å². The van der Waals surface area contributed by atoms with Crippen LogP contribution in [0.1, 0.15) is 30.9 Å². The Hall–Kier alpha value is -1.06. The van der Waals surface area contributed by atoms with Crippen LogP contribution in [-0.2, 0) is 22.8 Å². The van der Waals surface area contributed by atoms with E-state index in [1.165, 1.54) is 6.42 Å². The minimum atomic E-state index is 0.548. The van der Waals surface area contributed by atoms with Crippen molar-refractivity contribution in [3.05, 3.63) is 29.3 Å². The zero-order valence-electron chi connectivity index (χ0n) is 8.99. The molecular formula is C12H16O3. The Labute approximate surface area is 89.9 Å². The molecule has 0 saturated carbocycles. The lowest BCUT2D eigenvalue weighted by Crippen LogP contribution is -1.95. The molecule has 0 N–H and O–H groups in total. The maximum atomic E-state index is 5.52. The van der Waals surface area contributed by atoms with Gasteiger partial charge in [-0.05, 0) is 18.1 Å². The van der Waals surface area contributed by atoms with E-state index in [9.17, 15) is 0 Å². The second-order valence-corrected chi connectivity index (χ2v) is 3.69. The Balaban J connectivity index is 1.87. The summed E-state index contributed by atoms with van der Waals surface area (Å²) in [6.07, 6.45) is 2.28. The molecule has 1 aliphatic rings. The predicted octanol–water partition coefficient (Wildman–Crippen LogP) is 2.83. The molecule has 82 valence electrons. The lowest BCUT2D eigenvalue weighted by atomic mass is 10.1. The third kappa shape index (κ3) is 2.70. The fourth-order valence-corrected chi connectivity index (χ4v) is 1.48. The van der Waals surface area contributed by atoms with E-state index in [1.54, 1.807) is 0 Å². The first-order chi connectivity index (χ1) is 7.40. The molecule has 1 aliphatic heterocycles. The first-order valence-corrected chi connectivity index (χ1v) is 5.39. The molecule has 3 nitrogen and oxygen atoms in total. The van der Waals surface area contributed by atoms with Crippen molar-refractivity contribution in [2.24, 2.45) is 0 Å². The topological polar surface area (TPSA) is 27.7 Å². The summed E-state index contributed by atoms with van der Waals surface area (Å²) in [5.41, 5.74) is 2.24. The molecular weight excluding hydrogens is 192 g/mol. The molecule has 1 heterocycles. The van der Waals surface area contributed by atoms with Gasteiger partial charge in [0.25, 0.3) is 0 Å². The van der Waals surface area contributed by atoms with Crippen LogP contribution in [0.15, 0.2) is 18.2 Å². The van der Waals surface area contributed by atoms with Crippen LogP contribution in [-0.4, -0.2) is 6.61 Å². The summed E-state index contributed by atoms with van der Waals surface area (Å²) >= 11 is 0. The van der Waals surface area contributed by atoms with Gasteiger partial charge in [0.15, 0.2) is 5.75 Å². The standard InChI is InChI=1S/C12H16O3/c1-2-3-6-13-8-10-4-5-11-9-14-15-12(11)7-10/h4-5,7H,2-3,6,8-9H2,1H3.